The number of aromatic amines is 1. The summed E-state index contributed by atoms with van der Waals surface area (Å²) in [6, 6.07) is 5.32. The van der Waals surface area contributed by atoms with Crippen molar-refractivity contribution in [1.29, 1.82) is 0 Å². The highest BCUT2D eigenvalue weighted by atomic mass is 79.9. The fourth-order valence-electron chi connectivity index (χ4n) is 2.15. The first-order chi connectivity index (χ1) is 11.6. The molecule has 0 aliphatic rings. The molecule has 0 bridgehead atoms. The molecule has 6 nitrogen and oxygen atoms in total. The molecule has 0 fully saturated rings. The molecule has 0 saturated carbocycles. The Hall–Kier alpha value is -1.57. The predicted molar refractivity (Wildman–Crippen MR) is 102 cm³/mol. The third-order valence-corrected chi connectivity index (χ3v) is 5.01. The van der Waals surface area contributed by atoms with Gasteiger partial charge in [-0.2, -0.15) is 0 Å². The molecule has 2 aromatic rings. The minimum absolute atomic E-state index is 0.177. The van der Waals surface area contributed by atoms with Crippen molar-refractivity contribution in [2.45, 2.75) is 25.8 Å². The highest BCUT2D eigenvalue weighted by molar-refractivity contribution is 9.10. The summed E-state index contributed by atoms with van der Waals surface area (Å²) in [5.74, 6) is -0.353. The van der Waals surface area contributed by atoms with E-state index in [-0.39, 0.29) is 22.3 Å². The van der Waals surface area contributed by atoms with Crippen molar-refractivity contribution in [3.8, 4) is 0 Å². The van der Waals surface area contributed by atoms with Gasteiger partial charge in [0, 0.05) is 18.2 Å². The zero-order chi connectivity index (χ0) is 18.8. The van der Waals surface area contributed by atoms with E-state index >= 15 is 0 Å². The molecule has 0 aliphatic heterocycles. The molecule has 2 rings (SSSR count). The highest BCUT2D eigenvalue weighted by Gasteiger charge is 2.22. The van der Waals surface area contributed by atoms with Crippen molar-refractivity contribution >= 4 is 45.0 Å². The predicted octanol–water partition coefficient (Wildman–Crippen LogP) is 2.70. The fraction of sp³-hybridized carbons (Fsp3) is 0.312. The zero-order valence-electron chi connectivity index (χ0n) is 13.5. The van der Waals surface area contributed by atoms with Gasteiger partial charge in [-0.15, -0.1) is 0 Å². The normalized spacial score (nSPS) is 11.4. The van der Waals surface area contributed by atoms with Crippen molar-refractivity contribution in [3.05, 3.63) is 65.3 Å². The van der Waals surface area contributed by atoms with Gasteiger partial charge < -0.3 is 5.32 Å². The van der Waals surface area contributed by atoms with Crippen LogP contribution in [0, 0.1) is 0 Å². The number of nitrogens with zero attached hydrogens (tertiary/aromatic N) is 1. The number of nitrogens with one attached hydrogen (secondary N) is 2. The van der Waals surface area contributed by atoms with Crippen LogP contribution < -0.4 is 16.6 Å². The maximum absolute atomic E-state index is 12.1. The Morgan fingerprint density at radius 1 is 1.28 bits per heavy atom. The van der Waals surface area contributed by atoms with E-state index in [0.717, 1.165) is 10.1 Å². The molecule has 1 amide bonds. The molecule has 0 saturated heterocycles. The summed E-state index contributed by atoms with van der Waals surface area (Å²) in [7, 11) is 0. The van der Waals surface area contributed by atoms with Crippen LogP contribution in [-0.2, 0) is 16.8 Å². The van der Waals surface area contributed by atoms with Gasteiger partial charge in [0.2, 0.25) is 5.91 Å². The number of carbonyl (C=O) groups excluding carboxylic acids is 1. The van der Waals surface area contributed by atoms with Crippen LogP contribution in [-0.4, -0.2) is 22.0 Å². The van der Waals surface area contributed by atoms with Crippen LogP contribution in [0.5, 0.6) is 0 Å². The molecule has 1 aromatic carbocycles. The summed E-state index contributed by atoms with van der Waals surface area (Å²) >= 11 is 15.0. The topological polar surface area (TPSA) is 84.0 Å². The number of aromatic nitrogens is 2. The van der Waals surface area contributed by atoms with Gasteiger partial charge in [0.05, 0.1) is 14.5 Å². The van der Waals surface area contributed by atoms with Crippen LogP contribution in [0.3, 0.4) is 0 Å². The van der Waals surface area contributed by atoms with Gasteiger partial charge in [-0.25, -0.2) is 4.79 Å². The molecule has 25 heavy (non-hydrogen) atoms. The van der Waals surface area contributed by atoms with E-state index in [4.69, 9.17) is 23.2 Å². The molecular formula is C16H16BrCl2N3O3. The average molecular weight is 449 g/mol. The van der Waals surface area contributed by atoms with Crippen LogP contribution >= 0.6 is 39.1 Å². The van der Waals surface area contributed by atoms with Crippen LogP contribution in [0.2, 0.25) is 10.0 Å². The van der Waals surface area contributed by atoms with E-state index in [1.807, 2.05) is 19.9 Å². The van der Waals surface area contributed by atoms with Crippen LogP contribution in [0.15, 0.2) is 38.5 Å². The zero-order valence-corrected chi connectivity index (χ0v) is 16.6. The van der Waals surface area contributed by atoms with E-state index in [1.165, 1.54) is 6.20 Å². The van der Waals surface area contributed by atoms with E-state index in [9.17, 15) is 14.4 Å². The number of hydrogen-bond donors (Lipinski definition) is 2. The number of halogens is 3. The molecule has 134 valence electrons. The lowest BCUT2D eigenvalue weighted by Crippen LogP contribution is -2.40. The first kappa shape index (κ1) is 19.8. The standard InChI is InChI=1S/C16H16BrCl2N3O3/c1-16(2,9-3-4-11(18)12(19)5-9)8-20-13(23)7-22-6-10(17)14(24)21-15(22)25/h3-6H,7-8H2,1-2H3,(H,20,23)(H,21,24,25). The molecule has 0 aliphatic carbocycles. The summed E-state index contributed by atoms with van der Waals surface area (Å²) in [6.07, 6.45) is 1.28. The minimum atomic E-state index is -0.646. The molecule has 2 N–H and O–H groups in total. The van der Waals surface area contributed by atoms with Gasteiger partial charge >= 0.3 is 5.69 Å². The summed E-state index contributed by atoms with van der Waals surface area (Å²) in [4.78, 5) is 37.3. The third-order valence-electron chi connectivity index (χ3n) is 3.71. The SMILES string of the molecule is CC(C)(CNC(=O)Cn1cc(Br)c(=O)[nH]c1=O)c1ccc(Cl)c(Cl)c1. The molecule has 1 heterocycles. The van der Waals surface area contributed by atoms with Crippen LogP contribution in [0.4, 0.5) is 0 Å². The quantitative estimate of drug-likeness (QED) is 0.737. The van der Waals surface area contributed by atoms with Gasteiger partial charge in [0.25, 0.3) is 5.56 Å². The third kappa shape index (κ3) is 4.96. The van der Waals surface area contributed by atoms with Gasteiger partial charge in [0.1, 0.15) is 6.54 Å². The van der Waals surface area contributed by atoms with Gasteiger partial charge in [-0.05, 0) is 33.6 Å². The van der Waals surface area contributed by atoms with Crippen LogP contribution in [0.25, 0.3) is 0 Å². The monoisotopic (exact) mass is 447 g/mol. The molecule has 0 spiro atoms. The van der Waals surface area contributed by atoms with Gasteiger partial charge in [0.15, 0.2) is 0 Å². The lowest BCUT2D eigenvalue weighted by molar-refractivity contribution is -0.122. The molecule has 0 unspecified atom stereocenters. The lowest BCUT2D eigenvalue weighted by Gasteiger charge is -2.26. The molecule has 9 heteroatoms. The van der Waals surface area contributed by atoms with E-state index < -0.39 is 11.2 Å². The number of amides is 1. The molecule has 1 aromatic heterocycles. The van der Waals surface area contributed by atoms with Gasteiger partial charge in [-0.3, -0.25) is 19.1 Å². The van der Waals surface area contributed by atoms with Crippen molar-refractivity contribution in [3.63, 3.8) is 0 Å². The fourth-order valence-corrected chi connectivity index (χ4v) is 2.79. The maximum Gasteiger partial charge on any atom is 0.328 e. The van der Waals surface area contributed by atoms with Gasteiger partial charge in [-0.1, -0.05) is 43.1 Å². The van der Waals surface area contributed by atoms with Crippen molar-refractivity contribution in [2.75, 3.05) is 6.54 Å². The Morgan fingerprint density at radius 3 is 2.60 bits per heavy atom. The van der Waals surface area contributed by atoms with E-state index in [2.05, 4.69) is 26.2 Å². The number of hydrogen-bond acceptors (Lipinski definition) is 3. The van der Waals surface area contributed by atoms with Crippen molar-refractivity contribution < 1.29 is 4.79 Å². The summed E-state index contributed by atoms with van der Waals surface area (Å²) in [6.45, 7) is 4.04. The highest BCUT2D eigenvalue weighted by Crippen LogP contribution is 2.29. The number of carbonyl (C=O) groups is 1. The Kier molecular flexibility index (Phi) is 6.13. The Balaban J connectivity index is 2.06. The van der Waals surface area contributed by atoms with E-state index in [1.54, 1.807) is 12.1 Å². The van der Waals surface area contributed by atoms with E-state index in [0.29, 0.717) is 16.6 Å². The molecular weight excluding hydrogens is 433 g/mol. The number of benzene rings is 1. The molecule has 0 radical (unpaired) electrons. The Morgan fingerprint density at radius 2 is 1.96 bits per heavy atom. The Bertz CT molecular complexity index is 922. The summed E-state index contributed by atoms with van der Waals surface area (Å²) in [5, 5.41) is 3.70. The van der Waals surface area contributed by atoms with Crippen molar-refractivity contribution in [1.82, 2.24) is 14.9 Å². The summed E-state index contributed by atoms with van der Waals surface area (Å²) < 4.78 is 1.29. The second-order valence-electron chi connectivity index (χ2n) is 6.15. The smallest absolute Gasteiger partial charge is 0.328 e. The van der Waals surface area contributed by atoms with Crippen LogP contribution in [0.1, 0.15) is 19.4 Å². The largest absolute Gasteiger partial charge is 0.354 e. The average Bonchev–Trinajstić information content (AvgIpc) is 2.53. The second kappa shape index (κ2) is 7.76. The minimum Gasteiger partial charge on any atom is -0.354 e. The second-order valence-corrected chi connectivity index (χ2v) is 7.82. The molecule has 0 atom stereocenters. The first-order valence-electron chi connectivity index (χ1n) is 7.31. The number of H-pyrrole nitrogens is 1. The van der Waals surface area contributed by atoms with Crippen molar-refractivity contribution in [2.24, 2.45) is 0 Å². The lowest BCUT2D eigenvalue weighted by atomic mass is 9.84. The number of rotatable bonds is 5. The summed E-state index contributed by atoms with van der Waals surface area (Å²) in [5.41, 5.74) is -0.652. The maximum atomic E-state index is 12.1. The Labute approximate surface area is 162 Å². The first-order valence-corrected chi connectivity index (χ1v) is 8.86.